The van der Waals surface area contributed by atoms with Crippen molar-refractivity contribution in [3.8, 4) is 0 Å². The van der Waals surface area contributed by atoms with E-state index in [1.165, 1.54) is 6.20 Å². The summed E-state index contributed by atoms with van der Waals surface area (Å²) in [6.07, 6.45) is 2.77. The van der Waals surface area contributed by atoms with Crippen LogP contribution in [-0.4, -0.2) is 9.91 Å². The Bertz CT molecular complexity index is 435. The summed E-state index contributed by atoms with van der Waals surface area (Å²) in [5.74, 6) is 0. The first-order valence-electron chi connectivity index (χ1n) is 3.30. The van der Waals surface area contributed by atoms with Crippen molar-refractivity contribution in [2.45, 2.75) is 0 Å². The molecule has 5 nitrogen and oxygen atoms in total. The van der Waals surface area contributed by atoms with Gasteiger partial charge in [-0.3, -0.25) is 10.1 Å². The van der Waals surface area contributed by atoms with Crippen LogP contribution in [0.2, 0.25) is 0 Å². The Morgan fingerprint density at radius 3 is 3.17 bits per heavy atom. The van der Waals surface area contributed by atoms with E-state index in [2.05, 4.69) is 9.97 Å². The smallest absolute Gasteiger partial charge is 0.272 e. The Morgan fingerprint density at radius 1 is 1.58 bits per heavy atom. The van der Waals surface area contributed by atoms with Gasteiger partial charge < -0.3 is 9.97 Å². The minimum Gasteiger partial charge on any atom is -0.442 e. The summed E-state index contributed by atoms with van der Waals surface area (Å²) in [5.41, 5.74) is 0.433. The molecule has 60 valence electrons. The van der Waals surface area contributed by atoms with Gasteiger partial charge in [0.25, 0.3) is 5.69 Å². The van der Waals surface area contributed by atoms with E-state index in [-0.39, 0.29) is 5.69 Å². The second kappa shape index (κ2) is 2.30. The van der Waals surface area contributed by atoms with E-state index in [0.717, 1.165) is 0 Å². The highest BCUT2D eigenvalue weighted by atomic mass is 16.6. The maximum Gasteiger partial charge on any atom is 0.272 e. The van der Waals surface area contributed by atoms with Gasteiger partial charge in [-0.05, 0) is 11.7 Å². The Kier molecular flexibility index (Phi) is 1.30. The van der Waals surface area contributed by atoms with Crippen molar-refractivity contribution in [2.75, 3.05) is 0 Å². The van der Waals surface area contributed by atoms with E-state index >= 15 is 0 Å². The molecule has 0 radical (unpaired) electrons. The third-order valence-electron chi connectivity index (χ3n) is 1.57. The highest BCUT2D eigenvalue weighted by molar-refractivity contribution is 5.85. The fourth-order valence-electron chi connectivity index (χ4n) is 1.04. The fourth-order valence-corrected chi connectivity index (χ4v) is 1.04. The number of nitrogens with zero attached hydrogens (tertiary/aromatic N) is 3. The van der Waals surface area contributed by atoms with Gasteiger partial charge in [-0.15, -0.1) is 0 Å². The van der Waals surface area contributed by atoms with Crippen LogP contribution in [0.15, 0.2) is 24.5 Å². The van der Waals surface area contributed by atoms with Crippen molar-refractivity contribution >= 4 is 16.7 Å². The summed E-state index contributed by atoms with van der Waals surface area (Å²) < 4.78 is 0. The van der Waals surface area contributed by atoms with Crippen LogP contribution in [0.3, 0.4) is 0 Å². The molecule has 2 aromatic rings. The van der Waals surface area contributed by atoms with Crippen LogP contribution in [-0.2, 0) is 0 Å². The number of rotatable bonds is 1. The lowest BCUT2D eigenvalue weighted by atomic mass is 10.3. The lowest BCUT2D eigenvalue weighted by Crippen LogP contribution is -1.84. The average molecular weight is 162 g/mol. The minimum atomic E-state index is -0.461. The zero-order chi connectivity index (χ0) is 8.55. The molecule has 0 fully saturated rings. The normalized spacial score (nSPS) is 10.3. The lowest BCUT2D eigenvalue weighted by molar-refractivity contribution is -0.383. The monoisotopic (exact) mass is 162 g/mol. The number of hydrogen-bond donors (Lipinski definition) is 0. The SMILES string of the molecule is O=[N+]([O-])c1c[n-]c2ncccc12. The van der Waals surface area contributed by atoms with Crippen LogP contribution >= 0.6 is 0 Å². The van der Waals surface area contributed by atoms with Gasteiger partial charge in [0.2, 0.25) is 0 Å². The third kappa shape index (κ3) is 0.833. The van der Waals surface area contributed by atoms with E-state index in [1.54, 1.807) is 18.3 Å². The van der Waals surface area contributed by atoms with E-state index in [0.29, 0.717) is 11.0 Å². The van der Waals surface area contributed by atoms with Crippen molar-refractivity contribution in [1.82, 2.24) is 9.97 Å². The highest BCUT2D eigenvalue weighted by Gasteiger charge is 2.07. The number of hydrogen-bond acceptors (Lipinski definition) is 3. The Morgan fingerprint density at radius 2 is 2.42 bits per heavy atom. The molecule has 0 N–H and O–H groups in total. The minimum absolute atomic E-state index is 0.0121. The van der Waals surface area contributed by atoms with E-state index < -0.39 is 4.92 Å². The fraction of sp³-hybridized carbons (Fsp3) is 0. The van der Waals surface area contributed by atoms with Gasteiger partial charge in [0.05, 0.1) is 10.3 Å². The Labute approximate surface area is 67.2 Å². The molecule has 2 rings (SSSR count). The van der Waals surface area contributed by atoms with Gasteiger partial charge >= 0.3 is 0 Å². The Hall–Kier alpha value is -1.91. The molecule has 0 aliphatic rings. The van der Waals surface area contributed by atoms with Crippen molar-refractivity contribution in [2.24, 2.45) is 0 Å². The first-order valence-corrected chi connectivity index (χ1v) is 3.30. The first-order chi connectivity index (χ1) is 5.79. The summed E-state index contributed by atoms with van der Waals surface area (Å²) in [6, 6.07) is 3.28. The second-order valence-electron chi connectivity index (χ2n) is 2.28. The van der Waals surface area contributed by atoms with Crippen molar-refractivity contribution in [1.29, 1.82) is 0 Å². The largest absolute Gasteiger partial charge is 0.442 e. The molecule has 0 aliphatic carbocycles. The molecule has 0 amide bonds. The summed E-state index contributed by atoms with van der Waals surface area (Å²) >= 11 is 0. The predicted octanol–water partition coefficient (Wildman–Crippen LogP) is 1.10. The van der Waals surface area contributed by atoms with E-state index in [9.17, 15) is 10.1 Å². The van der Waals surface area contributed by atoms with Gasteiger partial charge in [0, 0.05) is 6.20 Å². The second-order valence-corrected chi connectivity index (χ2v) is 2.28. The molecule has 5 heteroatoms. The van der Waals surface area contributed by atoms with Crippen LogP contribution in [0.1, 0.15) is 0 Å². The molecule has 0 saturated heterocycles. The third-order valence-corrected chi connectivity index (χ3v) is 1.57. The average Bonchev–Trinajstić information content (AvgIpc) is 2.47. The molecular weight excluding hydrogens is 158 g/mol. The molecule has 0 bridgehead atoms. The summed E-state index contributed by atoms with van der Waals surface area (Å²) in [4.78, 5) is 17.6. The molecule has 0 spiro atoms. The number of aromatic nitrogens is 2. The molecule has 0 aromatic carbocycles. The van der Waals surface area contributed by atoms with E-state index in [1.807, 2.05) is 0 Å². The predicted molar refractivity (Wildman–Crippen MR) is 41.7 cm³/mol. The number of fused-ring (bicyclic) bond motifs is 1. The standard InChI is InChI=1S/C7H4N3O2/c11-10(12)6-4-9-7-5(6)2-1-3-8-7/h1-4H/q-1. The zero-order valence-corrected chi connectivity index (χ0v) is 5.97. The summed E-state index contributed by atoms with van der Waals surface area (Å²) in [7, 11) is 0. The van der Waals surface area contributed by atoms with Gasteiger partial charge in [-0.2, -0.15) is 0 Å². The molecule has 0 saturated carbocycles. The topological polar surface area (TPSA) is 70.1 Å². The zero-order valence-electron chi connectivity index (χ0n) is 5.97. The first kappa shape index (κ1) is 6.78. The molecule has 0 unspecified atom stereocenters. The Balaban J connectivity index is 2.79. The van der Waals surface area contributed by atoms with Crippen molar-refractivity contribution in [3.05, 3.63) is 34.6 Å². The maximum absolute atomic E-state index is 10.4. The van der Waals surface area contributed by atoms with Crippen molar-refractivity contribution in [3.63, 3.8) is 0 Å². The number of pyridine rings is 1. The quantitative estimate of drug-likeness (QED) is 0.465. The molecule has 0 aliphatic heterocycles. The summed E-state index contributed by atoms with van der Waals surface area (Å²) in [5, 5.41) is 10.9. The molecule has 2 heterocycles. The summed E-state index contributed by atoms with van der Waals surface area (Å²) in [6.45, 7) is 0. The van der Waals surface area contributed by atoms with Gasteiger partial charge in [0.1, 0.15) is 0 Å². The molecule has 12 heavy (non-hydrogen) atoms. The molecular formula is C7H4N3O2-. The van der Waals surface area contributed by atoms with Crippen LogP contribution in [0, 0.1) is 10.1 Å². The van der Waals surface area contributed by atoms with Gasteiger partial charge in [-0.1, -0.05) is 12.3 Å². The van der Waals surface area contributed by atoms with Crippen LogP contribution < -0.4 is 4.98 Å². The van der Waals surface area contributed by atoms with Gasteiger partial charge in [-0.25, -0.2) is 0 Å². The maximum atomic E-state index is 10.4. The van der Waals surface area contributed by atoms with Crippen LogP contribution in [0.5, 0.6) is 0 Å². The number of nitro groups is 1. The van der Waals surface area contributed by atoms with Crippen molar-refractivity contribution < 1.29 is 4.92 Å². The van der Waals surface area contributed by atoms with Crippen LogP contribution in [0.25, 0.3) is 11.0 Å². The highest BCUT2D eigenvalue weighted by Crippen LogP contribution is 2.21. The molecule has 0 atom stereocenters. The van der Waals surface area contributed by atoms with Gasteiger partial charge in [0.15, 0.2) is 0 Å². The van der Waals surface area contributed by atoms with E-state index in [4.69, 9.17) is 0 Å². The lowest BCUT2D eigenvalue weighted by Gasteiger charge is -1.94. The molecule has 2 aromatic heterocycles. The van der Waals surface area contributed by atoms with Crippen LogP contribution in [0.4, 0.5) is 5.69 Å².